The van der Waals surface area contributed by atoms with Gasteiger partial charge in [-0.25, -0.2) is 9.37 Å². The lowest BCUT2D eigenvalue weighted by atomic mass is 10.2. The number of halogens is 2. The maximum absolute atomic E-state index is 15.1. The average Bonchev–Trinajstić information content (AvgIpc) is 2.64. The van der Waals surface area contributed by atoms with E-state index in [1.807, 2.05) is 4.90 Å². The minimum Gasteiger partial charge on any atom is -0.493 e. The molecule has 1 aliphatic rings. The van der Waals surface area contributed by atoms with Crippen LogP contribution in [0.3, 0.4) is 0 Å². The first-order valence-electron chi connectivity index (χ1n) is 8.49. The second-order valence-corrected chi connectivity index (χ2v) is 6.11. The number of hydrogen-bond donors (Lipinski definition) is 2. The molecule has 1 aliphatic heterocycles. The van der Waals surface area contributed by atoms with Gasteiger partial charge < -0.3 is 30.2 Å². The summed E-state index contributed by atoms with van der Waals surface area (Å²) in [6.07, 6.45) is 0. The Morgan fingerprint density at radius 3 is 2.78 bits per heavy atom. The number of nitrogens with two attached hydrogens (primary N) is 1. The van der Waals surface area contributed by atoms with Crippen LogP contribution in [0.4, 0.5) is 16.2 Å². The summed E-state index contributed by atoms with van der Waals surface area (Å²) in [6.45, 7) is 4.91. The number of nitrogens with one attached hydrogen (secondary N) is 1. The average molecular weight is 402 g/mol. The fourth-order valence-corrected chi connectivity index (χ4v) is 2.98. The minimum absolute atomic E-state index is 0. The first kappa shape index (κ1) is 21.2. The molecule has 2 heterocycles. The van der Waals surface area contributed by atoms with Crippen molar-refractivity contribution in [2.75, 3.05) is 57.7 Å². The third-order valence-electron chi connectivity index (χ3n) is 4.38. The van der Waals surface area contributed by atoms with E-state index in [0.717, 1.165) is 19.6 Å². The standard InChI is InChI=1S/C17H24FN5O3.ClH/c1-10-9-20-4-5-23(10)17-21-14-11(16(19)22-17)8-12(25-3)15(13(14)18)26-7-6-24-2;/h8,10,20H,4-7,9H2,1-3H3,(H2,19,21,22);1H/t10-;/m0./s1. The number of methoxy groups -OCH3 is 2. The highest BCUT2D eigenvalue weighted by Crippen LogP contribution is 2.38. The third-order valence-corrected chi connectivity index (χ3v) is 4.38. The van der Waals surface area contributed by atoms with Crippen LogP contribution in [0, 0.1) is 5.82 Å². The number of nitrogen functional groups attached to an aromatic ring is 1. The van der Waals surface area contributed by atoms with Crippen LogP contribution in [0.5, 0.6) is 11.5 Å². The van der Waals surface area contributed by atoms with Gasteiger partial charge in [0.2, 0.25) is 5.95 Å². The number of aromatic nitrogens is 2. The second kappa shape index (κ2) is 9.20. The SMILES string of the molecule is COCCOc1c(OC)cc2c(N)nc(N3CCNC[C@@H]3C)nc2c1F.Cl. The molecule has 0 saturated carbocycles. The lowest BCUT2D eigenvalue weighted by molar-refractivity contribution is 0.141. The number of ether oxygens (including phenoxy) is 3. The van der Waals surface area contributed by atoms with Gasteiger partial charge in [0.15, 0.2) is 17.3 Å². The maximum Gasteiger partial charge on any atom is 0.228 e. The summed E-state index contributed by atoms with van der Waals surface area (Å²) in [5.74, 6) is 0.236. The normalized spacial score (nSPS) is 16.9. The second-order valence-electron chi connectivity index (χ2n) is 6.11. The van der Waals surface area contributed by atoms with Gasteiger partial charge in [0.25, 0.3) is 0 Å². The predicted molar refractivity (Wildman–Crippen MR) is 105 cm³/mol. The van der Waals surface area contributed by atoms with Crippen molar-refractivity contribution >= 4 is 35.1 Å². The van der Waals surface area contributed by atoms with E-state index < -0.39 is 5.82 Å². The summed E-state index contributed by atoms with van der Waals surface area (Å²) in [7, 11) is 2.99. The zero-order chi connectivity index (χ0) is 18.7. The van der Waals surface area contributed by atoms with E-state index in [1.54, 1.807) is 13.2 Å². The molecule has 0 bridgehead atoms. The van der Waals surface area contributed by atoms with E-state index in [0.29, 0.717) is 17.9 Å². The molecule has 3 rings (SSSR count). The topological polar surface area (TPSA) is 94.8 Å². The summed E-state index contributed by atoms with van der Waals surface area (Å²) >= 11 is 0. The highest BCUT2D eigenvalue weighted by Gasteiger charge is 2.24. The van der Waals surface area contributed by atoms with Gasteiger partial charge >= 0.3 is 0 Å². The Hall–Kier alpha value is -2.10. The fourth-order valence-electron chi connectivity index (χ4n) is 2.98. The Bertz CT molecular complexity index is 795. The van der Waals surface area contributed by atoms with Crippen LogP contribution in [-0.4, -0.2) is 63.1 Å². The van der Waals surface area contributed by atoms with Gasteiger partial charge in [-0.1, -0.05) is 0 Å². The third kappa shape index (κ3) is 4.26. The van der Waals surface area contributed by atoms with E-state index in [9.17, 15) is 0 Å². The molecule has 1 aromatic heterocycles. The fraction of sp³-hybridized carbons (Fsp3) is 0.529. The molecule has 1 fully saturated rings. The molecule has 0 amide bonds. The summed E-state index contributed by atoms with van der Waals surface area (Å²) in [4.78, 5) is 10.8. The van der Waals surface area contributed by atoms with Crippen molar-refractivity contribution in [2.45, 2.75) is 13.0 Å². The van der Waals surface area contributed by atoms with E-state index in [4.69, 9.17) is 19.9 Å². The zero-order valence-electron chi connectivity index (χ0n) is 15.6. The number of benzene rings is 1. The first-order chi connectivity index (χ1) is 12.6. The summed E-state index contributed by atoms with van der Waals surface area (Å²) < 4.78 is 30.8. The molecular weight excluding hydrogens is 377 g/mol. The van der Waals surface area contributed by atoms with Crippen molar-refractivity contribution in [1.82, 2.24) is 15.3 Å². The Morgan fingerprint density at radius 1 is 1.33 bits per heavy atom. The number of fused-ring (bicyclic) bond motifs is 1. The van der Waals surface area contributed by atoms with Crippen LogP contribution in [0.25, 0.3) is 10.9 Å². The Balaban J connectivity index is 0.00000261. The van der Waals surface area contributed by atoms with Crippen LogP contribution in [0.2, 0.25) is 0 Å². The Labute approximate surface area is 163 Å². The highest BCUT2D eigenvalue weighted by molar-refractivity contribution is 5.92. The lowest BCUT2D eigenvalue weighted by Crippen LogP contribution is -2.50. The van der Waals surface area contributed by atoms with Gasteiger partial charge in [-0.2, -0.15) is 4.98 Å². The van der Waals surface area contributed by atoms with Crippen molar-refractivity contribution in [1.29, 1.82) is 0 Å². The van der Waals surface area contributed by atoms with Crippen LogP contribution >= 0.6 is 12.4 Å². The van der Waals surface area contributed by atoms with Crippen molar-refractivity contribution < 1.29 is 18.6 Å². The van der Waals surface area contributed by atoms with Crippen LogP contribution in [-0.2, 0) is 4.74 Å². The summed E-state index contributed by atoms with van der Waals surface area (Å²) in [5.41, 5.74) is 6.21. The van der Waals surface area contributed by atoms with E-state index in [-0.39, 0.29) is 47.9 Å². The molecule has 8 nitrogen and oxygen atoms in total. The van der Waals surface area contributed by atoms with Gasteiger partial charge in [-0.3, -0.25) is 0 Å². The monoisotopic (exact) mass is 401 g/mol. The van der Waals surface area contributed by atoms with Crippen LogP contribution in [0.1, 0.15) is 6.92 Å². The summed E-state index contributed by atoms with van der Waals surface area (Å²) in [6, 6.07) is 1.78. The molecule has 2 aromatic rings. The first-order valence-corrected chi connectivity index (χ1v) is 8.49. The molecule has 0 spiro atoms. The number of piperazine rings is 1. The van der Waals surface area contributed by atoms with Gasteiger partial charge in [0, 0.05) is 38.2 Å². The molecule has 3 N–H and O–H groups in total. The minimum atomic E-state index is -0.617. The lowest BCUT2D eigenvalue weighted by Gasteiger charge is -2.34. The van der Waals surface area contributed by atoms with Gasteiger partial charge in [0.1, 0.15) is 17.9 Å². The molecule has 0 aliphatic carbocycles. The van der Waals surface area contributed by atoms with E-state index in [2.05, 4.69) is 22.2 Å². The quantitative estimate of drug-likeness (QED) is 0.705. The summed E-state index contributed by atoms with van der Waals surface area (Å²) in [5, 5.41) is 3.69. The molecule has 1 atom stereocenters. The van der Waals surface area contributed by atoms with Gasteiger partial charge in [-0.15, -0.1) is 12.4 Å². The van der Waals surface area contributed by atoms with Crippen molar-refractivity contribution in [2.24, 2.45) is 0 Å². The number of anilines is 2. The van der Waals surface area contributed by atoms with Crippen molar-refractivity contribution in [3.63, 3.8) is 0 Å². The maximum atomic E-state index is 15.1. The molecule has 0 unspecified atom stereocenters. The number of hydrogen-bond acceptors (Lipinski definition) is 8. The molecule has 1 saturated heterocycles. The van der Waals surface area contributed by atoms with Gasteiger partial charge in [0.05, 0.1) is 13.7 Å². The van der Waals surface area contributed by atoms with Gasteiger partial charge in [-0.05, 0) is 13.0 Å². The molecule has 150 valence electrons. The van der Waals surface area contributed by atoms with Crippen LogP contribution < -0.4 is 25.4 Å². The number of nitrogens with zero attached hydrogens (tertiary/aromatic N) is 3. The Morgan fingerprint density at radius 2 is 2.11 bits per heavy atom. The smallest absolute Gasteiger partial charge is 0.228 e. The van der Waals surface area contributed by atoms with Crippen molar-refractivity contribution in [3.8, 4) is 11.5 Å². The predicted octanol–water partition coefficient (Wildman–Crippen LogP) is 1.60. The zero-order valence-corrected chi connectivity index (χ0v) is 16.4. The van der Waals surface area contributed by atoms with Crippen molar-refractivity contribution in [3.05, 3.63) is 11.9 Å². The molecular formula is C17H25ClFN5O3. The molecule has 10 heteroatoms. The molecule has 0 radical (unpaired) electrons. The largest absolute Gasteiger partial charge is 0.493 e. The molecule has 1 aromatic carbocycles. The van der Waals surface area contributed by atoms with E-state index in [1.165, 1.54) is 7.11 Å². The van der Waals surface area contributed by atoms with Crippen LogP contribution in [0.15, 0.2) is 6.07 Å². The highest BCUT2D eigenvalue weighted by atomic mass is 35.5. The molecule has 27 heavy (non-hydrogen) atoms. The Kier molecular flexibility index (Phi) is 7.23. The van der Waals surface area contributed by atoms with E-state index >= 15 is 4.39 Å². The number of rotatable bonds is 6.